The lowest BCUT2D eigenvalue weighted by Gasteiger charge is -2.29. The molecule has 1 heterocycles. The van der Waals surface area contributed by atoms with Crippen molar-refractivity contribution < 1.29 is 0 Å². The van der Waals surface area contributed by atoms with Crippen LogP contribution in [0, 0.1) is 11.8 Å². The molecular formula is C14H29N. The van der Waals surface area contributed by atoms with Gasteiger partial charge >= 0.3 is 0 Å². The van der Waals surface area contributed by atoms with Gasteiger partial charge in [-0.3, -0.25) is 0 Å². The van der Waals surface area contributed by atoms with Crippen molar-refractivity contribution in [1.29, 1.82) is 0 Å². The van der Waals surface area contributed by atoms with Gasteiger partial charge in [0.15, 0.2) is 0 Å². The summed E-state index contributed by atoms with van der Waals surface area (Å²) in [7, 11) is 0. The fraction of sp³-hybridized carbons (Fsp3) is 1.00. The predicted molar refractivity (Wildman–Crippen MR) is 68.1 cm³/mol. The van der Waals surface area contributed by atoms with E-state index in [9.17, 15) is 0 Å². The van der Waals surface area contributed by atoms with Crippen molar-refractivity contribution in [2.75, 3.05) is 13.1 Å². The van der Waals surface area contributed by atoms with Crippen molar-refractivity contribution in [2.24, 2.45) is 11.8 Å². The molecular weight excluding hydrogens is 182 g/mol. The van der Waals surface area contributed by atoms with Crippen LogP contribution in [0.15, 0.2) is 0 Å². The first-order valence-electron chi connectivity index (χ1n) is 6.89. The Balaban J connectivity index is 2.26. The summed E-state index contributed by atoms with van der Waals surface area (Å²) < 4.78 is 0. The van der Waals surface area contributed by atoms with E-state index in [1.807, 2.05) is 0 Å². The molecule has 0 bridgehead atoms. The molecule has 1 nitrogen and oxygen atoms in total. The Morgan fingerprint density at radius 3 is 2.13 bits per heavy atom. The van der Waals surface area contributed by atoms with Crippen molar-refractivity contribution in [3.8, 4) is 0 Å². The molecule has 1 fully saturated rings. The van der Waals surface area contributed by atoms with Gasteiger partial charge in [-0.05, 0) is 51.1 Å². The van der Waals surface area contributed by atoms with Crippen LogP contribution in [0.3, 0.4) is 0 Å². The van der Waals surface area contributed by atoms with Gasteiger partial charge in [0, 0.05) is 6.04 Å². The molecule has 0 aliphatic carbocycles. The summed E-state index contributed by atoms with van der Waals surface area (Å²) >= 11 is 0. The smallest absolute Gasteiger partial charge is 0.00695 e. The molecule has 1 aliphatic heterocycles. The Morgan fingerprint density at radius 2 is 1.60 bits per heavy atom. The van der Waals surface area contributed by atoms with Gasteiger partial charge in [0.2, 0.25) is 0 Å². The van der Waals surface area contributed by atoms with Crippen molar-refractivity contribution >= 4 is 0 Å². The van der Waals surface area contributed by atoms with Crippen LogP contribution in [0.5, 0.6) is 0 Å². The van der Waals surface area contributed by atoms with Crippen LogP contribution in [-0.4, -0.2) is 24.0 Å². The zero-order valence-corrected chi connectivity index (χ0v) is 11.1. The molecule has 1 saturated heterocycles. The minimum absolute atomic E-state index is 0.807. The van der Waals surface area contributed by atoms with Crippen molar-refractivity contribution in [3.05, 3.63) is 0 Å². The average molecular weight is 211 g/mol. The second kappa shape index (κ2) is 6.52. The van der Waals surface area contributed by atoms with Crippen molar-refractivity contribution in [3.63, 3.8) is 0 Å². The minimum atomic E-state index is 0.807. The van der Waals surface area contributed by atoms with Crippen LogP contribution in [0.4, 0.5) is 0 Å². The van der Waals surface area contributed by atoms with Gasteiger partial charge in [-0.1, -0.05) is 33.6 Å². The highest BCUT2D eigenvalue weighted by molar-refractivity contribution is 4.76. The van der Waals surface area contributed by atoms with Gasteiger partial charge in [0.05, 0.1) is 0 Å². The molecule has 0 N–H and O–H groups in total. The third-order valence-corrected chi connectivity index (χ3v) is 4.19. The van der Waals surface area contributed by atoms with Gasteiger partial charge in [0.25, 0.3) is 0 Å². The van der Waals surface area contributed by atoms with E-state index in [1.165, 1.54) is 45.2 Å². The number of rotatable bonds is 6. The lowest BCUT2D eigenvalue weighted by atomic mass is 9.87. The Morgan fingerprint density at radius 1 is 1.00 bits per heavy atom. The average Bonchev–Trinajstić information content (AvgIpc) is 2.70. The SMILES string of the molecule is CCCC(C)C(C)CC(C)N1CCCC1. The summed E-state index contributed by atoms with van der Waals surface area (Å²) in [6.07, 6.45) is 6.96. The standard InChI is InChI=1S/C14H29N/c1-5-8-12(2)13(3)11-14(4)15-9-6-7-10-15/h12-14H,5-11H2,1-4H3. The van der Waals surface area contributed by atoms with E-state index in [0.29, 0.717) is 0 Å². The minimum Gasteiger partial charge on any atom is -0.301 e. The summed E-state index contributed by atoms with van der Waals surface area (Å²) in [6.45, 7) is 12.3. The van der Waals surface area contributed by atoms with Crippen molar-refractivity contribution in [1.82, 2.24) is 4.90 Å². The van der Waals surface area contributed by atoms with E-state index < -0.39 is 0 Å². The summed E-state index contributed by atoms with van der Waals surface area (Å²) in [5.41, 5.74) is 0. The summed E-state index contributed by atoms with van der Waals surface area (Å²) in [5, 5.41) is 0. The Bertz CT molecular complexity index is 161. The van der Waals surface area contributed by atoms with Crippen LogP contribution in [0.1, 0.15) is 59.8 Å². The van der Waals surface area contributed by atoms with Gasteiger partial charge in [-0.2, -0.15) is 0 Å². The second-order valence-electron chi connectivity index (χ2n) is 5.57. The van der Waals surface area contributed by atoms with Crippen LogP contribution in [0.2, 0.25) is 0 Å². The molecule has 0 spiro atoms. The summed E-state index contributed by atoms with van der Waals surface area (Å²) in [4.78, 5) is 2.68. The van der Waals surface area contributed by atoms with Gasteiger partial charge in [-0.25, -0.2) is 0 Å². The second-order valence-corrected chi connectivity index (χ2v) is 5.57. The highest BCUT2D eigenvalue weighted by Gasteiger charge is 2.21. The fourth-order valence-corrected chi connectivity index (χ4v) is 2.84. The van der Waals surface area contributed by atoms with Crippen LogP contribution >= 0.6 is 0 Å². The first-order valence-corrected chi connectivity index (χ1v) is 6.89. The molecule has 0 aromatic carbocycles. The molecule has 0 aromatic heterocycles. The topological polar surface area (TPSA) is 3.24 Å². The molecule has 0 saturated carbocycles. The number of hydrogen-bond donors (Lipinski definition) is 0. The molecule has 1 rings (SSSR count). The zero-order chi connectivity index (χ0) is 11.3. The molecule has 90 valence electrons. The highest BCUT2D eigenvalue weighted by atomic mass is 15.2. The maximum Gasteiger partial charge on any atom is 0.00695 e. The molecule has 3 unspecified atom stereocenters. The monoisotopic (exact) mass is 211 g/mol. The maximum atomic E-state index is 2.68. The van der Waals surface area contributed by atoms with E-state index in [2.05, 4.69) is 32.6 Å². The van der Waals surface area contributed by atoms with Crippen LogP contribution in [-0.2, 0) is 0 Å². The highest BCUT2D eigenvalue weighted by Crippen LogP contribution is 2.24. The largest absolute Gasteiger partial charge is 0.301 e. The third kappa shape index (κ3) is 4.14. The normalized spacial score (nSPS) is 24.0. The van der Waals surface area contributed by atoms with E-state index in [1.54, 1.807) is 0 Å². The van der Waals surface area contributed by atoms with Crippen LogP contribution < -0.4 is 0 Å². The van der Waals surface area contributed by atoms with Gasteiger partial charge < -0.3 is 4.90 Å². The lowest BCUT2D eigenvalue weighted by molar-refractivity contribution is 0.199. The number of nitrogens with zero attached hydrogens (tertiary/aromatic N) is 1. The van der Waals surface area contributed by atoms with E-state index in [4.69, 9.17) is 0 Å². The first-order chi connectivity index (χ1) is 7.15. The summed E-state index contributed by atoms with van der Waals surface area (Å²) in [5.74, 6) is 1.79. The molecule has 3 atom stereocenters. The molecule has 0 aromatic rings. The van der Waals surface area contributed by atoms with Crippen LogP contribution in [0.25, 0.3) is 0 Å². The molecule has 1 aliphatic rings. The lowest BCUT2D eigenvalue weighted by Crippen LogP contribution is -2.32. The number of likely N-dealkylation sites (tertiary alicyclic amines) is 1. The molecule has 1 heteroatoms. The van der Waals surface area contributed by atoms with E-state index >= 15 is 0 Å². The van der Waals surface area contributed by atoms with Gasteiger partial charge in [0.1, 0.15) is 0 Å². The number of hydrogen-bond acceptors (Lipinski definition) is 1. The quantitative estimate of drug-likeness (QED) is 0.643. The Labute approximate surface area is 96.2 Å². The summed E-state index contributed by atoms with van der Waals surface area (Å²) in [6, 6.07) is 0.807. The molecule has 0 amide bonds. The molecule has 0 radical (unpaired) electrons. The zero-order valence-electron chi connectivity index (χ0n) is 11.1. The predicted octanol–water partition coefficient (Wildman–Crippen LogP) is 3.93. The first kappa shape index (κ1) is 13.0. The third-order valence-electron chi connectivity index (χ3n) is 4.19. The van der Waals surface area contributed by atoms with Crippen molar-refractivity contribution in [2.45, 2.75) is 65.8 Å². The molecule has 15 heavy (non-hydrogen) atoms. The van der Waals surface area contributed by atoms with Gasteiger partial charge in [-0.15, -0.1) is 0 Å². The Hall–Kier alpha value is -0.0400. The van der Waals surface area contributed by atoms with E-state index in [0.717, 1.165) is 17.9 Å². The fourth-order valence-electron chi connectivity index (χ4n) is 2.84. The Kier molecular flexibility index (Phi) is 5.66. The maximum absolute atomic E-state index is 2.68. The van der Waals surface area contributed by atoms with E-state index in [-0.39, 0.29) is 0 Å².